The number of fused-ring (bicyclic) bond motifs is 1. The Labute approximate surface area is 148 Å². The van der Waals surface area contributed by atoms with Crippen molar-refractivity contribution >= 4 is 29.7 Å². The van der Waals surface area contributed by atoms with Crippen LogP contribution in [-0.4, -0.2) is 33.0 Å². The number of amides is 2. The molecule has 0 fully saturated rings. The van der Waals surface area contributed by atoms with Gasteiger partial charge in [-0.3, -0.25) is 14.5 Å². The number of carbonyl (C=O) groups excluding carboxylic acids is 2. The Morgan fingerprint density at radius 3 is 2.85 bits per heavy atom. The van der Waals surface area contributed by atoms with Crippen molar-refractivity contribution in [1.29, 1.82) is 0 Å². The van der Waals surface area contributed by atoms with Crippen LogP contribution >= 0.6 is 0 Å². The van der Waals surface area contributed by atoms with E-state index in [1.807, 2.05) is 0 Å². The second-order valence-corrected chi connectivity index (χ2v) is 5.71. The first-order chi connectivity index (χ1) is 12.5. The van der Waals surface area contributed by atoms with Crippen LogP contribution in [0.5, 0.6) is 0 Å². The second kappa shape index (κ2) is 7.18. The molecule has 134 valence electrons. The lowest BCUT2D eigenvalue weighted by Gasteiger charge is -2.09. The number of nitrogens with one attached hydrogen (secondary N) is 2. The van der Waals surface area contributed by atoms with Crippen LogP contribution in [0, 0.1) is 5.82 Å². The summed E-state index contributed by atoms with van der Waals surface area (Å²) >= 11 is 0. The van der Waals surface area contributed by atoms with Crippen LogP contribution in [0.15, 0.2) is 36.8 Å². The van der Waals surface area contributed by atoms with E-state index in [9.17, 15) is 14.0 Å². The van der Waals surface area contributed by atoms with Crippen LogP contribution < -0.4 is 10.6 Å². The second-order valence-electron chi connectivity index (χ2n) is 5.71. The van der Waals surface area contributed by atoms with Crippen molar-refractivity contribution in [1.82, 2.24) is 14.4 Å². The largest absolute Gasteiger partial charge is 0.447 e. The van der Waals surface area contributed by atoms with Crippen molar-refractivity contribution < 1.29 is 18.7 Å². The zero-order valence-corrected chi connectivity index (χ0v) is 14.1. The fourth-order valence-corrected chi connectivity index (χ4v) is 2.32. The number of benzene rings is 1. The molecule has 0 spiro atoms. The number of hydrogen-bond acceptors (Lipinski definition) is 5. The van der Waals surface area contributed by atoms with Gasteiger partial charge in [-0.15, -0.1) is 0 Å². The monoisotopic (exact) mass is 357 g/mol. The van der Waals surface area contributed by atoms with Gasteiger partial charge in [0, 0.05) is 23.6 Å². The third-order valence-corrected chi connectivity index (χ3v) is 3.37. The molecule has 1 aromatic carbocycles. The minimum Gasteiger partial charge on any atom is -0.447 e. The molecule has 2 heterocycles. The van der Waals surface area contributed by atoms with Crippen LogP contribution in [0.1, 0.15) is 13.8 Å². The van der Waals surface area contributed by atoms with Gasteiger partial charge in [0.25, 0.3) is 0 Å². The molecule has 0 radical (unpaired) electrons. The summed E-state index contributed by atoms with van der Waals surface area (Å²) < 4.78 is 20.7. The zero-order valence-electron chi connectivity index (χ0n) is 14.1. The fraction of sp³-hybridized carbons (Fsp3) is 0.176. The van der Waals surface area contributed by atoms with Crippen molar-refractivity contribution in [2.75, 3.05) is 10.6 Å². The molecule has 3 aromatic rings. The van der Waals surface area contributed by atoms with Gasteiger partial charge in [0.2, 0.25) is 12.2 Å². The molecule has 8 nitrogen and oxygen atoms in total. The molecule has 0 saturated carbocycles. The Balaban J connectivity index is 1.91. The molecule has 0 aliphatic heterocycles. The lowest BCUT2D eigenvalue weighted by molar-refractivity contribution is -0.105. The molecular formula is C17H16FN5O3. The van der Waals surface area contributed by atoms with Gasteiger partial charge in [0.15, 0.2) is 0 Å². The first kappa shape index (κ1) is 17.3. The summed E-state index contributed by atoms with van der Waals surface area (Å²) in [4.78, 5) is 30.6. The smallest absolute Gasteiger partial charge is 0.411 e. The highest BCUT2D eigenvalue weighted by atomic mass is 19.1. The molecule has 0 saturated heterocycles. The van der Waals surface area contributed by atoms with Gasteiger partial charge in [-0.1, -0.05) is 0 Å². The summed E-state index contributed by atoms with van der Waals surface area (Å²) in [6.45, 7) is 3.48. The topological polar surface area (TPSA) is 97.6 Å². The van der Waals surface area contributed by atoms with E-state index in [0.29, 0.717) is 29.3 Å². The Kier molecular flexibility index (Phi) is 4.78. The van der Waals surface area contributed by atoms with Crippen LogP contribution in [0.2, 0.25) is 0 Å². The highest BCUT2D eigenvalue weighted by Crippen LogP contribution is 2.25. The van der Waals surface area contributed by atoms with E-state index in [1.54, 1.807) is 30.6 Å². The average Bonchev–Trinajstić information content (AvgIpc) is 2.99. The standard InChI is InChI=1S/C17H16FN5O3/c1-10(2)26-17(25)21-12-6-19-16-22-15(8-23(16)7-12)13-5-11(20-9-24)3-4-14(13)18/h3-10H,1-2H3,(H,20,24)(H,21,25). The SMILES string of the molecule is CC(C)OC(=O)Nc1cnc2nc(-c3cc(NC=O)ccc3F)cn2c1. The third-order valence-electron chi connectivity index (χ3n) is 3.37. The molecule has 2 aromatic heterocycles. The Morgan fingerprint density at radius 1 is 1.31 bits per heavy atom. The molecule has 2 amide bonds. The first-order valence-electron chi connectivity index (χ1n) is 7.79. The number of hydrogen-bond donors (Lipinski definition) is 2. The maximum atomic E-state index is 14.1. The van der Waals surface area contributed by atoms with Gasteiger partial charge in [-0.25, -0.2) is 19.2 Å². The molecule has 0 unspecified atom stereocenters. The van der Waals surface area contributed by atoms with Crippen LogP contribution in [0.25, 0.3) is 17.0 Å². The minimum absolute atomic E-state index is 0.219. The van der Waals surface area contributed by atoms with E-state index >= 15 is 0 Å². The molecular weight excluding hydrogens is 341 g/mol. The van der Waals surface area contributed by atoms with Crippen molar-refractivity contribution in [3.63, 3.8) is 0 Å². The van der Waals surface area contributed by atoms with Crippen LogP contribution in [0.4, 0.5) is 20.6 Å². The molecule has 0 aliphatic rings. The van der Waals surface area contributed by atoms with Gasteiger partial charge >= 0.3 is 6.09 Å². The predicted molar refractivity (Wildman–Crippen MR) is 93.3 cm³/mol. The Morgan fingerprint density at radius 2 is 2.12 bits per heavy atom. The molecule has 2 N–H and O–H groups in total. The number of aromatic nitrogens is 3. The quantitative estimate of drug-likeness (QED) is 0.684. The Bertz CT molecular complexity index is 970. The van der Waals surface area contributed by atoms with Gasteiger partial charge in [-0.2, -0.15) is 0 Å². The number of nitrogens with zero attached hydrogens (tertiary/aromatic N) is 3. The maximum absolute atomic E-state index is 14.1. The van der Waals surface area contributed by atoms with E-state index in [1.165, 1.54) is 24.4 Å². The third kappa shape index (κ3) is 3.77. The molecule has 0 aliphatic carbocycles. The number of carbonyl (C=O) groups is 2. The number of imidazole rings is 1. The van der Waals surface area contributed by atoms with E-state index in [4.69, 9.17) is 4.74 Å². The van der Waals surface area contributed by atoms with Crippen LogP contribution in [0.3, 0.4) is 0 Å². The summed E-state index contributed by atoms with van der Waals surface area (Å²) in [5.74, 6) is -0.153. The summed E-state index contributed by atoms with van der Waals surface area (Å²) in [5.41, 5.74) is 1.41. The first-order valence-corrected chi connectivity index (χ1v) is 7.79. The lowest BCUT2D eigenvalue weighted by atomic mass is 10.1. The zero-order chi connectivity index (χ0) is 18.7. The van der Waals surface area contributed by atoms with Crippen molar-refractivity contribution in [3.05, 3.63) is 42.6 Å². The van der Waals surface area contributed by atoms with Gasteiger partial charge < -0.3 is 10.1 Å². The number of anilines is 2. The summed E-state index contributed by atoms with van der Waals surface area (Å²) in [7, 11) is 0. The van der Waals surface area contributed by atoms with Gasteiger partial charge in [0.1, 0.15) is 5.82 Å². The molecule has 0 atom stereocenters. The van der Waals surface area contributed by atoms with E-state index in [0.717, 1.165) is 0 Å². The maximum Gasteiger partial charge on any atom is 0.411 e. The fourth-order valence-electron chi connectivity index (χ4n) is 2.32. The minimum atomic E-state index is -0.597. The molecule has 3 rings (SSSR count). The predicted octanol–water partition coefficient (Wildman–Crippen LogP) is 3.06. The normalized spacial score (nSPS) is 10.8. The van der Waals surface area contributed by atoms with E-state index in [-0.39, 0.29) is 11.7 Å². The number of rotatable bonds is 5. The summed E-state index contributed by atoms with van der Waals surface area (Å²) in [6, 6.07) is 4.17. The summed E-state index contributed by atoms with van der Waals surface area (Å²) in [6.07, 6.45) is 4.25. The number of ether oxygens (including phenoxy) is 1. The van der Waals surface area contributed by atoms with Crippen molar-refractivity contribution in [2.45, 2.75) is 20.0 Å². The highest BCUT2D eigenvalue weighted by molar-refractivity contribution is 5.84. The molecule has 9 heteroatoms. The van der Waals surface area contributed by atoms with Gasteiger partial charge in [-0.05, 0) is 32.0 Å². The van der Waals surface area contributed by atoms with Crippen LogP contribution in [-0.2, 0) is 9.53 Å². The lowest BCUT2D eigenvalue weighted by Crippen LogP contribution is -2.18. The van der Waals surface area contributed by atoms with E-state index < -0.39 is 11.9 Å². The van der Waals surface area contributed by atoms with E-state index in [2.05, 4.69) is 20.6 Å². The Hall–Kier alpha value is -3.49. The molecule has 0 bridgehead atoms. The number of halogens is 1. The summed E-state index contributed by atoms with van der Waals surface area (Å²) in [5, 5.41) is 5.02. The van der Waals surface area contributed by atoms with Crippen molar-refractivity contribution in [2.24, 2.45) is 0 Å². The van der Waals surface area contributed by atoms with Crippen molar-refractivity contribution in [3.8, 4) is 11.3 Å². The van der Waals surface area contributed by atoms with Gasteiger partial charge in [0.05, 0.1) is 23.7 Å². The molecule has 26 heavy (non-hydrogen) atoms. The highest BCUT2D eigenvalue weighted by Gasteiger charge is 2.12. The average molecular weight is 357 g/mol.